The van der Waals surface area contributed by atoms with E-state index in [9.17, 15) is 8.42 Å². The molecule has 5 nitrogen and oxygen atoms in total. The molecule has 24 heavy (non-hydrogen) atoms. The van der Waals surface area contributed by atoms with Gasteiger partial charge in [0.25, 0.3) is 0 Å². The summed E-state index contributed by atoms with van der Waals surface area (Å²) in [7, 11) is -3.75. The van der Waals surface area contributed by atoms with Crippen LogP contribution >= 0.6 is 0 Å². The van der Waals surface area contributed by atoms with Gasteiger partial charge in [-0.1, -0.05) is 30.3 Å². The molecule has 3 aromatic rings. The Morgan fingerprint density at radius 2 is 1.88 bits per heavy atom. The van der Waals surface area contributed by atoms with E-state index >= 15 is 0 Å². The van der Waals surface area contributed by atoms with Crippen LogP contribution in [-0.4, -0.2) is 18.4 Å². The number of aromatic nitrogens is 2. The number of benzene rings is 2. The second-order valence-corrected chi connectivity index (χ2v) is 7.41. The molecule has 0 aliphatic rings. The van der Waals surface area contributed by atoms with Gasteiger partial charge >= 0.3 is 0 Å². The summed E-state index contributed by atoms with van der Waals surface area (Å²) >= 11 is 0. The van der Waals surface area contributed by atoms with Crippen LogP contribution < -0.4 is 5.14 Å². The monoisotopic (exact) mass is 341 g/mol. The first-order valence-corrected chi connectivity index (χ1v) is 9.09. The van der Waals surface area contributed by atoms with Gasteiger partial charge in [-0.2, -0.15) is 0 Å². The van der Waals surface area contributed by atoms with Gasteiger partial charge in [-0.3, -0.25) is 0 Å². The molecule has 0 spiro atoms. The number of hydrogen-bond acceptors (Lipinski definition) is 3. The molecule has 1 unspecified atom stereocenters. The number of aromatic amines is 1. The highest BCUT2D eigenvalue weighted by molar-refractivity contribution is 7.89. The van der Waals surface area contributed by atoms with Gasteiger partial charge in [0.15, 0.2) is 0 Å². The summed E-state index contributed by atoms with van der Waals surface area (Å²) in [5.41, 5.74) is 5.19. The first-order valence-electron chi connectivity index (χ1n) is 7.55. The van der Waals surface area contributed by atoms with Crippen LogP contribution in [0.25, 0.3) is 0 Å². The van der Waals surface area contributed by atoms with Gasteiger partial charge < -0.3 is 4.98 Å². The largest absolute Gasteiger partial charge is 0.348 e. The topological polar surface area (TPSA) is 88.8 Å². The Morgan fingerprint density at radius 3 is 2.54 bits per heavy atom. The Bertz CT molecular complexity index is 964. The number of hydrogen-bond donors (Lipinski definition) is 2. The number of nitrogens with one attached hydrogen (secondary N) is 1. The van der Waals surface area contributed by atoms with Gasteiger partial charge in [0, 0.05) is 11.9 Å². The molecule has 2 aromatic carbocycles. The summed E-state index contributed by atoms with van der Waals surface area (Å²) in [6, 6.07) is 12.9. The molecule has 0 saturated carbocycles. The van der Waals surface area contributed by atoms with Crippen molar-refractivity contribution in [2.75, 3.05) is 0 Å². The SMILES string of the molecule is Cc1cccc(C(c2cccc(S(N)(=O)=O)c2)c2cnc[nH]2)c1C. The van der Waals surface area contributed by atoms with E-state index in [-0.39, 0.29) is 10.8 Å². The van der Waals surface area contributed by atoms with E-state index in [2.05, 4.69) is 35.9 Å². The van der Waals surface area contributed by atoms with E-state index < -0.39 is 10.0 Å². The molecule has 124 valence electrons. The molecule has 0 amide bonds. The zero-order chi connectivity index (χ0) is 17.3. The first kappa shape index (κ1) is 16.4. The molecular weight excluding hydrogens is 322 g/mol. The number of aryl methyl sites for hydroxylation is 1. The number of nitrogens with two attached hydrogens (primary N) is 1. The highest BCUT2D eigenvalue weighted by Gasteiger charge is 2.22. The maximum atomic E-state index is 11.7. The molecule has 0 aliphatic heterocycles. The molecule has 3 rings (SSSR count). The zero-order valence-corrected chi connectivity index (χ0v) is 14.3. The van der Waals surface area contributed by atoms with E-state index in [1.54, 1.807) is 24.7 Å². The van der Waals surface area contributed by atoms with Crippen molar-refractivity contribution < 1.29 is 8.42 Å². The van der Waals surface area contributed by atoms with E-state index in [4.69, 9.17) is 5.14 Å². The van der Waals surface area contributed by atoms with Crippen molar-refractivity contribution in [2.45, 2.75) is 24.7 Å². The van der Waals surface area contributed by atoms with Crippen molar-refractivity contribution in [3.05, 3.63) is 82.9 Å². The van der Waals surface area contributed by atoms with Crippen LogP contribution in [0, 0.1) is 13.8 Å². The van der Waals surface area contributed by atoms with Crippen molar-refractivity contribution in [2.24, 2.45) is 5.14 Å². The molecule has 0 bridgehead atoms. The maximum absolute atomic E-state index is 11.7. The van der Waals surface area contributed by atoms with Crippen LogP contribution in [0.4, 0.5) is 0 Å². The molecule has 0 saturated heterocycles. The molecule has 1 aromatic heterocycles. The molecule has 0 radical (unpaired) electrons. The minimum atomic E-state index is -3.75. The Hall–Kier alpha value is -2.44. The second-order valence-electron chi connectivity index (χ2n) is 5.85. The van der Waals surface area contributed by atoms with Crippen LogP contribution in [-0.2, 0) is 10.0 Å². The highest BCUT2D eigenvalue weighted by Crippen LogP contribution is 2.34. The third-order valence-corrected chi connectivity index (χ3v) is 5.22. The van der Waals surface area contributed by atoms with Crippen LogP contribution in [0.3, 0.4) is 0 Å². The third-order valence-electron chi connectivity index (χ3n) is 4.31. The fourth-order valence-electron chi connectivity index (χ4n) is 2.91. The molecule has 3 N–H and O–H groups in total. The lowest BCUT2D eigenvalue weighted by Gasteiger charge is -2.20. The molecule has 0 aliphatic carbocycles. The number of rotatable bonds is 4. The van der Waals surface area contributed by atoms with Crippen molar-refractivity contribution in [3.63, 3.8) is 0 Å². The average Bonchev–Trinajstić information content (AvgIpc) is 3.05. The molecule has 1 heterocycles. The molecule has 6 heteroatoms. The fourth-order valence-corrected chi connectivity index (χ4v) is 3.48. The predicted octanol–water partition coefficient (Wildman–Crippen LogP) is 2.85. The number of sulfonamides is 1. The zero-order valence-electron chi connectivity index (χ0n) is 13.5. The van der Waals surface area contributed by atoms with Gasteiger partial charge in [0.05, 0.1) is 17.1 Å². The highest BCUT2D eigenvalue weighted by atomic mass is 32.2. The lowest BCUT2D eigenvalue weighted by molar-refractivity contribution is 0.597. The summed E-state index contributed by atoms with van der Waals surface area (Å²) < 4.78 is 23.4. The summed E-state index contributed by atoms with van der Waals surface area (Å²) in [5, 5.41) is 5.29. The van der Waals surface area contributed by atoms with E-state index in [1.807, 2.05) is 12.1 Å². The van der Waals surface area contributed by atoms with Gasteiger partial charge in [0.2, 0.25) is 10.0 Å². The maximum Gasteiger partial charge on any atom is 0.238 e. The minimum Gasteiger partial charge on any atom is -0.348 e. The lowest BCUT2D eigenvalue weighted by atomic mass is 9.85. The lowest BCUT2D eigenvalue weighted by Crippen LogP contribution is -2.13. The van der Waals surface area contributed by atoms with Gasteiger partial charge in [-0.25, -0.2) is 18.5 Å². The van der Waals surface area contributed by atoms with Crippen molar-refractivity contribution >= 4 is 10.0 Å². The molecule has 1 atom stereocenters. The molecule has 0 fully saturated rings. The van der Waals surface area contributed by atoms with Gasteiger partial charge in [-0.05, 0) is 48.2 Å². The second kappa shape index (κ2) is 6.22. The van der Waals surface area contributed by atoms with E-state index in [0.717, 1.165) is 22.4 Å². The first-order chi connectivity index (χ1) is 11.4. The van der Waals surface area contributed by atoms with Crippen molar-refractivity contribution in [1.82, 2.24) is 9.97 Å². The normalized spacial score (nSPS) is 13.0. The summed E-state index contributed by atoms with van der Waals surface area (Å²) in [6.07, 6.45) is 3.38. The minimum absolute atomic E-state index is 0.106. The number of nitrogens with zero attached hydrogens (tertiary/aromatic N) is 1. The average molecular weight is 341 g/mol. The van der Waals surface area contributed by atoms with Crippen LogP contribution in [0.1, 0.15) is 33.9 Å². The fraction of sp³-hybridized carbons (Fsp3) is 0.167. The van der Waals surface area contributed by atoms with Crippen molar-refractivity contribution in [3.8, 4) is 0 Å². The van der Waals surface area contributed by atoms with Crippen molar-refractivity contribution in [1.29, 1.82) is 0 Å². The Labute approximate surface area is 141 Å². The Balaban J connectivity index is 2.23. The van der Waals surface area contributed by atoms with Gasteiger partial charge in [-0.15, -0.1) is 0 Å². The smallest absolute Gasteiger partial charge is 0.238 e. The Morgan fingerprint density at radius 1 is 1.12 bits per heavy atom. The number of H-pyrrole nitrogens is 1. The number of primary sulfonamides is 1. The predicted molar refractivity (Wildman–Crippen MR) is 93.3 cm³/mol. The summed E-state index contributed by atoms with van der Waals surface area (Å²) in [6.45, 7) is 4.13. The van der Waals surface area contributed by atoms with Crippen LogP contribution in [0.2, 0.25) is 0 Å². The van der Waals surface area contributed by atoms with Gasteiger partial charge in [0.1, 0.15) is 0 Å². The van der Waals surface area contributed by atoms with E-state index in [0.29, 0.717) is 0 Å². The van der Waals surface area contributed by atoms with Crippen LogP contribution in [0.5, 0.6) is 0 Å². The number of imidazole rings is 1. The Kier molecular flexibility index (Phi) is 4.26. The van der Waals surface area contributed by atoms with E-state index in [1.165, 1.54) is 11.6 Å². The summed E-state index contributed by atoms with van der Waals surface area (Å²) in [4.78, 5) is 7.37. The summed E-state index contributed by atoms with van der Waals surface area (Å²) in [5.74, 6) is -0.144. The van der Waals surface area contributed by atoms with Crippen LogP contribution in [0.15, 0.2) is 59.9 Å². The third kappa shape index (κ3) is 3.11. The quantitative estimate of drug-likeness (QED) is 0.765. The molecular formula is C18H19N3O2S. The standard InChI is InChI=1S/C18H19N3O2S/c1-12-5-3-8-16(13(12)2)18(17-10-20-11-21-17)14-6-4-7-15(9-14)24(19,22)23/h3-11,18H,1-2H3,(H,20,21)(H2,19,22,23).